The van der Waals surface area contributed by atoms with E-state index in [1.54, 1.807) is 30.3 Å². The first-order valence-corrected chi connectivity index (χ1v) is 21.5. The van der Waals surface area contributed by atoms with Crippen LogP contribution in [0.5, 0.6) is 11.5 Å². The lowest BCUT2D eigenvalue weighted by Gasteiger charge is -2.32. The zero-order valence-electron chi connectivity index (χ0n) is 35.7. The molecule has 60 heavy (non-hydrogen) atoms. The maximum atomic E-state index is 14.5. The highest BCUT2D eigenvalue weighted by Crippen LogP contribution is 2.39. The normalized spacial score (nSPS) is 17.0. The molecule has 330 valence electrons. The third kappa shape index (κ3) is 15.7. The van der Waals surface area contributed by atoms with E-state index in [1.165, 1.54) is 63.5 Å². The quantitative estimate of drug-likeness (QED) is 0.0564. The van der Waals surface area contributed by atoms with Crippen molar-refractivity contribution in [2.24, 2.45) is 11.5 Å². The van der Waals surface area contributed by atoms with Crippen LogP contribution in [0.25, 0.3) is 11.1 Å². The van der Waals surface area contributed by atoms with Crippen molar-refractivity contribution >= 4 is 29.5 Å². The number of phenolic OH excluding ortho intramolecular Hbond substituents is 1. The van der Waals surface area contributed by atoms with E-state index < -0.39 is 47.8 Å². The average molecular weight is 834 g/mol. The summed E-state index contributed by atoms with van der Waals surface area (Å²) in [5.74, 6) is -2.66. The Balaban J connectivity index is 1.94. The number of hydrogen-bond acceptors (Lipinski definition) is 11. The third-order valence-corrected chi connectivity index (χ3v) is 10.5. The number of amides is 5. The minimum Gasteiger partial charge on any atom is -0.507 e. The van der Waals surface area contributed by atoms with Crippen molar-refractivity contribution in [2.45, 2.75) is 121 Å². The van der Waals surface area contributed by atoms with Crippen LogP contribution < -0.4 is 42.8 Å². The number of carbonyl (C=O) groups excluding carboxylic acids is 5. The molecule has 10 N–H and O–H groups in total. The predicted molar refractivity (Wildman–Crippen MR) is 230 cm³/mol. The number of ether oxygens (including phenoxy) is 1. The molecule has 0 unspecified atom stereocenters. The summed E-state index contributed by atoms with van der Waals surface area (Å²) in [6.45, 7) is 5.35. The first-order chi connectivity index (χ1) is 28.9. The van der Waals surface area contributed by atoms with Crippen LogP contribution in [0.3, 0.4) is 0 Å². The zero-order chi connectivity index (χ0) is 43.9. The fourth-order valence-electron chi connectivity index (χ4n) is 7.15. The molecule has 4 atom stereocenters. The average Bonchev–Trinajstić information content (AvgIpc) is 3.23. The summed E-state index contributed by atoms with van der Waals surface area (Å²) >= 11 is 0. The number of rotatable bonds is 24. The van der Waals surface area contributed by atoms with Crippen molar-refractivity contribution in [1.29, 1.82) is 5.26 Å². The number of nitrogens with two attached hydrogens (primary N) is 2. The molecule has 16 nitrogen and oxygen atoms in total. The molecule has 3 rings (SSSR count). The Morgan fingerprint density at radius 3 is 2.37 bits per heavy atom. The van der Waals surface area contributed by atoms with Gasteiger partial charge in [-0.25, -0.2) is 0 Å². The number of unbranched alkanes of at least 4 members (excludes halogenated alkanes) is 8. The Kier molecular flexibility index (Phi) is 21.9. The minimum atomic E-state index is -1.33. The van der Waals surface area contributed by atoms with Gasteiger partial charge in [-0.15, -0.1) is 0 Å². The molecule has 0 saturated carbocycles. The number of nitriles is 1. The summed E-state index contributed by atoms with van der Waals surface area (Å²) in [6.07, 6.45) is 11.3. The van der Waals surface area contributed by atoms with Crippen molar-refractivity contribution in [3.05, 3.63) is 47.5 Å². The van der Waals surface area contributed by atoms with Gasteiger partial charge in [0, 0.05) is 44.1 Å². The highest BCUT2D eigenvalue weighted by molar-refractivity contribution is 5.96. The van der Waals surface area contributed by atoms with Gasteiger partial charge in [0.25, 0.3) is 0 Å². The second kappa shape index (κ2) is 26.8. The first kappa shape index (κ1) is 49.1. The van der Waals surface area contributed by atoms with Crippen molar-refractivity contribution in [3.8, 4) is 28.7 Å². The Morgan fingerprint density at radius 1 is 0.933 bits per heavy atom. The molecule has 1 aliphatic rings. The maximum Gasteiger partial charge on any atom is 0.248 e. The lowest BCUT2D eigenvalue weighted by Crippen LogP contribution is -2.56. The molecule has 1 aliphatic heterocycles. The van der Waals surface area contributed by atoms with Crippen LogP contribution in [0.1, 0.15) is 108 Å². The van der Waals surface area contributed by atoms with Gasteiger partial charge in [0.1, 0.15) is 48.8 Å². The number of phenols is 1. The van der Waals surface area contributed by atoms with E-state index in [-0.39, 0.29) is 50.6 Å². The van der Waals surface area contributed by atoms with Gasteiger partial charge in [-0.1, -0.05) is 64.0 Å². The molecular formula is C44H67N9O7. The van der Waals surface area contributed by atoms with Crippen molar-refractivity contribution in [1.82, 2.24) is 31.5 Å². The van der Waals surface area contributed by atoms with E-state index in [0.717, 1.165) is 19.4 Å². The smallest absolute Gasteiger partial charge is 0.248 e. The molecule has 0 aromatic heterocycles. The van der Waals surface area contributed by atoms with E-state index >= 15 is 0 Å². The summed E-state index contributed by atoms with van der Waals surface area (Å²) in [7, 11) is 1.46. The SMILES string of the molecule is CCCCCCCCCCNCCC(=O)N[C@@H](CCCCN)C(=O)N(C)[C@@H]1C(=O)N[C@@H](C)C(=O)N[C@H](C(=O)NCC#N)Cc2ccc(O)c(c2)-c2cc1ccc2OCCN. The van der Waals surface area contributed by atoms with Gasteiger partial charge in [0.15, 0.2) is 0 Å². The monoisotopic (exact) mass is 834 g/mol. The predicted octanol–water partition coefficient (Wildman–Crippen LogP) is 2.82. The van der Waals surface area contributed by atoms with Gasteiger partial charge < -0.3 is 52.8 Å². The number of nitrogens with zero attached hydrogens (tertiary/aromatic N) is 2. The van der Waals surface area contributed by atoms with E-state index in [9.17, 15) is 29.1 Å². The van der Waals surface area contributed by atoms with Gasteiger partial charge in [-0.05, 0) is 81.1 Å². The molecule has 0 spiro atoms. The van der Waals surface area contributed by atoms with Crippen molar-refractivity contribution in [3.63, 3.8) is 0 Å². The minimum absolute atomic E-state index is 0.0118. The number of carbonyl (C=O) groups is 5. The van der Waals surface area contributed by atoms with E-state index in [1.807, 2.05) is 6.07 Å². The van der Waals surface area contributed by atoms with E-state index in [2.05, 4.69) is 33.5 Å². The largest absolute Gasteiger partial charge is 0.507 e. The molecule has 0 saturated heterocycles. The first-order valence-electron chi connectivity index (χ1n) is 21.5. The van der Waals surface area contributed by atoms with Crippen LogP contribution in [0, 0.1) is 11.3 Å². The Labute approximate surface area is 354 Å². The van der Waals surface area contributed by atoms with Crippen LogP contribution in [0.15, 0.2) is 36.4 Å². The molecular weight excluding hydrogens is 767 g/mol. The molecule has 1 heterocycles. The van der Waals surface area contributed by atoms with Gasteiger partial charge in [-0.3, -0.25) is 24.0 Å². The van der Waals surface area contributed by atoms with Gasteiger partial charge >= 0.3 is 0 Å². The molecule has 16 heteroatoms. The number of likely N-dealkylation sites (N-methyl/N-ethyl adjacent to an activating group) is 1. The Bertz CT molecular complexity index is 1750. The third-order valence-electron chi connectivity index (χ3n) is 10.5. The molecule has 4 bridgehead atoms. The molecule has 0 fully saturated rings. The van der Waals surface area contributed by atoms with E-state index in [0.29, 0.717) is 53.9 Å². The molecule has 2 aromatic carbocycles. The molecule has 5 amide bonds. The van der Waals surface area contributed by atoms with Gasteiger partial charge in [-0.2, -0.15) is 5.26 Å². The standard InChI is InChI=1S/C44H67N9O7/c1-4-5-6-7-8-9-10-13-23-48-24-19-39(55)51-35(14-11-12-20-45)44(59)53(3)40-32-16-18-38(60-26-22-47)34(29-32)33-27-31(15-17-37(33)54)28-36(42(57)49-25-21-46)52-41(56)30(2)50-43(40)58/h15-18,27,29-30,35-36,40,48,54H,4-14,19-20,22-26,28,45,47H2,1-3H3,(H,49,57)(H,50,58)(H,51,55)(H,52,56)/t30-,35-,36-,40-/m0/s1. The van der Waals surface area contributed by atoms with Crippen LogP contribution >= 0.6 is 0 Å². The maximum absolute atomic E-state index is 14.5. The molecule has 2 aromatic rings. The van der Waals surface area contributed by atoms with E-state index in [4.69, 9.17) is 21.5 Å². The van der Waals surface area contributed by atoms with Gasteiger partial charge in [0.2, 0.25) is 29.5 Å². The van der Waals surface area contributed by atoms with Crippen LogP contribution in [0.4, 0.5) is 0 Å². The zero-order valence-corrected chi connectivity index (χ0v) is 35.7. The number of hydrogen-bond donors (Lipinski definition) is 8. The summed E-state index contributed by atoms with van der Waals surface area (Å²) in [6, 6.07) is 6.79. The number of aromatic hydroxyl groups is 1. The summed E-state index contributed by atoms with van der Waals surface area (Å²) in [5.41, 5.74) is 13.1. The molecule has 0 radical (unpaired) electrons. The molecule has 0 aliphatic carbocycles. The lowest BCUT2D eigenvalue weighted by atomic mass is 9.93. The summed E-state index contributed by atoms with van der Waals surface area (Å²) < 4.78 is 5.98. The fourth-order valence-corrected chi connectivity index (χ4v) is 7.15. The van der Waals surface area contributed by atoms with Crippen LogP contribution in [-0.2, 0) is 30.4 Å². The topological polar surface area (TPSA) is 254 Å². The lowest BCUT2D eigenvalue weighted by molar-refractivity contribution is -0.143. The summed E-state index contributed by atoms with van der Waals surface area (Å²) in [4.78, 5) is 70.1. The number of fused-ring (bicyclic) bond motifs is 5. The number of benzene rings is 2. The van der Waals surface area contributed by atoms with Gasteiger partial charge in [0.05, 0.1) is 6.07 Å². The van der Waals surface area contributed by atoms with Crippen molar-refractivity contribution < 1.29 is 33.8 Å². The second-order valence-corrected chi connectivity index (χ2v) is 15.3. The second-order valence-electron chi connectivity index (χ2n) is 15.3. The number of nitrogens with one attached hydrogen (secondary N) is 5. The highest BCUT2D eigenvalue weighted by Gasteiger charge is 2.36. The van der Waals surface area contributed by atoms with Crippen LogP contribution in [0.2, 0.25) is 0 Å². The Hall–Kier alpha value is -5.24. The van der Waals surface area contributed by atoms with Crippen LogP contribution in [-0.4, -0.2) is 104 Å². The summed E-state index contributed by atoms with van der Waals surface area (Å²) in [5, 5.41) is 34.3. The highest BCUT2D eigenvalue weighted by atomic mass is 16.5. The fraction of sp³-hybridized carbons (Fsp3) is 0.591. The van der Waals surface area contributed by atoms with Crippen molar-refractivity contribution in [2.75, 3.05) is 46.4 Å². The Morgan fingerprint density at radius 2 is 1.67 bits per heavy atom.